The van der Waals surface area contributed by atoms with E-state index in [0.29, 0.717) is 7.14 Å². The number of nitrogens with two attached hydrogens (primary N) is 1. The number of carbonyl (C=O) groups is 1. The molecule has 0 aliphatic carbocycles. The number of hydrogen-bond donors (Lipinski definition) is 3. The van der Waals surface area contributed by atoms with Gasteiger partial charge in [0.05, 0.1) is 7.14 Å². The number of hydrogen-bond acceptors (Lipinski definition) is 3. The van der Waals surface area contributed by atoms with Crippen LogP contribution in [0.4, 0.5) is 0 Å². The molecule has 0 heterocycles. The van der Waals surface area contributed by atoms with E-state index in [4.69, 9.17) is 10.8 Å². The maximum absolute atomic E-state index is 10.9. The van der Waals surface area contributed by atoms with E-state index in [9.17, 15) is 9.90 Å². The molecular formula is C10H11I2NO3. The highest BCUT2D eigenvalue weighted by Crippen LogP contribution is 2.28. The molecule has 16 heavy (non-hydrogen) atoms. The first-order valence-corrected chi connectivity index (χ1v) is 6.59. The van der Waals surface area contributed by atoms with E-state index in [1.165, 1.54) is 6.92 Å². The number of phenolic OH excluding ortho intramolecular Hbond substituents is 1. The lowest BCUT2D eigenvalue weighted by Gasteiger charge is -2.19. The number of carboxylic acids is 1. The number of benzene rings is 1. The molecule has 0 radical (unpaired) electrons. The molecule has 4 N–H and O–H groups in total. The first-order chi connectivity index (χ1) is 7.24. The fraction of sp³-hybridized carbons (Fsp3) is 0.300. The second kappa shape index (κ2) is 5.05. The van der Waals surface area contributed by atoms with Crippen molar-refractivity contribution in [1.29, 1.82) is 0 Å². The van der Waals surface area contributed by atoms with Crippen LogP contribution in [-0.2, 0) is 11.2 Å². The Morgan fingerprint density at radius 1 is 1.44 bits per heavy atom. The molecule has 0 saturated heterocycles. The van der Waals surface area contributed by atoms with Gasteiger partial charge in [0.1, 0.15) is 11.3 Å². The van der Waals surface area contributed by atoms with Crippen molar-refractivity contribution in [2.45, 2.75) is 18.9 Å². The summed E-state index contributed by atoms with van der Waals surface area (Å²) in [7, 11) is 0. The van der Waals surface area contributed by atoms with E-state index >= 15 is 0 Å². The van der Waals surface area contributed by atoms with Crippen LogP contribution in [0.5, 0.6) is 5.75 Å². The maximum atomic E-state index is 10.9. The summed E-state index contributed by atoms with van der Waals surface area (Å²) in [5, 5.41) is 18.5. The lowest BCUT2D eigenvalue weighted by atomic mass is 9.94. The fourth-order valence-corrected chi connectivity index (χ4v) is 3.12. The predicted molar refractivity (Wildman–Crippen MR) is 77.5 cm³/mol. The van der Waals surface area contributed by atoms with E-state index in [1.54, 1.807) is 12.1 Å². The van der Waals surface area contributed by atoms with Crippen molar-refractivity contribution in [3.8, 4) is 5.75 Å². The summed E-state index contributed by atoms with van der Waals surface area (Å²) in [5.74, 6) is -0.815. The third-order valence-corrected chi connectivity index (χ3v) is 3.78. The zero-order valence-corrected chi connectivity index (χ0v) is 12.8. The van der Waals surface area contributed by atoms with Crippen LogP contribution in [0.25, 0.3) is 0 Å². The average molecular weight is 447 g/mol. The number of aromatic hydroxyl groups is 1. The molecule has 0 saturated carbocycles. The zero-order chi connectivity index (χ0) is 12.5. The van der Waals surface area contributed by atoms with Crippen molar-refractivity contribution in [3.05, 3.63) is 24.8 Å². The zero-order valence-electron chi connectivity index (χ0n) is 8.50. The Bertz CT molecular complexity index is 409. The van der Waals surface area contributed by atoms with Crippen LogP contribution in [0, 0.1) is 7.14 Å². The van der Waals surface area contributed by atoms with Gasteiger partial charge in [-0.05, 0) is 69.8 Å². The number of carboxylic acid groups (broad SMARTS) is 1. The Morgan fingerprint density at radius 3 is 2.25 bits per heavy atom. The van der Waals surface area contributed by atoms with Crippen LogP contribution in [0.15, 0.2) is 12.1 Å². The molecule has 0 fully saturated rings. The molecule has 0 bridgehead atoms. The van der Waals surface area contributed by atoms with Gasteiger partial charge in [0.25, 0.3) is 0 Å². The van der Waals surface area contributed by atoms with E-state index in [-0.39, 0.29) is 12.2 Å². The second-order valence-corrected chi connectivity index (χ2v) is 6.13. The van der Waals surface area contributed by atoms with Crippen LogP contribution in [0.3, 0.4) is 0 Å². The van der Waals surface area contributed by atoms with Crippen LogP contribution in [0.1, 0.15) is 12.5 Å². The van der Waals surface area contributed by atoms with Crippen LogP contribution in [0.2, 0.25) is 0 Å². The summed E-state index contributed by atoms with van der Waals surface area (Å²) in [6, 6.07) is 3.48. The number of aliphatic carboxylic acids is 1. The quantitative estimate of drug-likeness (QED) is 0.619. The van der Waals surface area contributed by atoms with E-state index in [0.717, 1.165) is 5.56 Å². The Morgan fingerprint density at radius 2 is 1.88 bits per heavy atom. The molecule has 6 heteroatoms. The highest BCUT2D eigenvalue weighted by molar-refractivity contribution is 14.1. The van der Waals surface area contributed by atoms with Gasteiger partial charge in [0.15, 0.2) is 0 Å². The number of rotatable bonds is 3. The normalized spacial score (nSPS) is 14.5. The standard InChI is InChI=1S/C10H11I2NO3/c1-10(13,9(15)16)4-5-2-6(11)8(14)7(12)3-5/h2-3,14H,4,13H2,1H3,(H,15,16). The summed E-state index contributed by atoms with van der Waals surface area (Å²) in [6.07, 6.45) is 0.231. The Balaban J connectivity index is 3.04. The second-order valence-electron chi connectivity index (χ2n) is 3.81. The average Bonchev–Trinajstić information content (AvgIpc) is 2.13. The van der Waals surface area contributed by atoms with Gasteiger partial charge in [0.2, 0.25) is 0 Å². The van der Waals surface area contributed by atoms with Crippen molar-refractivity contribution in [1.82, 2.24) is 0 Å². The van der Waals surface area contributed by atoms with Gasteiger partial charge in [-0.25, -0.2) is 0 Å². The highest BCUT2D eigenvalue weighted by atomic mass is 127. The minimum Gasteiger partial charge on any atom is -0.506 e. The van der Waals surface area contributed by atoms with Gasteiger partial charge in [0, 0.05) is 6.42 Å². The summed E-state index contributed by atoms with van der Waals surface area (Å²) in [5.41, 5.74) is 5.18. The fourth-order valence-electron chi connectivity index (χ4n) is 1.22. The number of halogens is 2. The molecule has 4 nitrogen and oxygen atoms in total. The molecule has 0 aliphatic rings. The van der Waals surface area contributed by atoms with Crippen molar-refractivity contribution < 1.29 is 15.0 Å². The Hall–Kier alpha value is -0.0900. The molecule has 1 aromatic rings. The molecule has 88 valence electrons. The van der Waals surface area contributed by atoms with E-state index in [1.807, 2.05) is 45.2 Å². The SMILES string of the molecule is CC(N)(Cc1cc(I)c(O)c(I)c1)C(=O)O. The van der Waals surface area contributed by atoms with Crippen molar-refractivity contribution in [2.75, 3.05) is 0 Å². The maximum Gasteiger partial charge on any atom is 0.323 e. The third kappa shape index (κ3) is 3.20. The van der Waals surface area contributed by atoms with Gasteiger partial charge in [-0.3, -0.25) is 4.79 Å². The molecule has 1 aromatic carbocycles. The van der Waals surface area contributed by atoms with Gasteiger partial charge in [-0.1, -0.05) is 0 Å². The number of phenols is 1. The van der Waals surface area contributed by atoms with Gasteiger partial charge in [-0.15, -0.1) is 0 Å². The lowest BCUT2D eigenvalue weighted by Crippen LogP contribution is -2.46. The lowest BCUT2D eigenvalue weighted by molar-refractivity contribution is -0.142. The van der Waals surface area contributed by atoms with Crippen molar-refractivity contribution in [3.63, 3.8) is 0 Å². The first kappa shape index (κ1) is 14.0. The third-order valence-electron chi connectivity index (χ3n) is 2.14. The Kier molecular flexibility index (Phi) is 4.41. The van der Waals surface area contributed by atoms with Crippen molar-refractivity contribution >= 4 is 51.2 Å². The molecule has 0 amide bonds. The smallest absolute Gasteiger partial charge is 0.323 e. The van der Waals surface area contributed by atoms with Crippen LogP contribution in [-0.4, -0.2) is 21.7 Å². The summed E-state index contributed by atoms with van der Waals surface area (Å²) in [6.45, 7) is 1.47. The van der Waals surface area contributed by atoms with Gasteiger partial charge < -0.3 is 15.9 Å². The molecule has 1 atom stereocenters. The topological polar surface area (TPSA) is 83.5 Å². The van der Waals surface area contributed by atoms with E-state index in [2.05, 4.69) is 0 Å². The molecule has 1 unspecified atom stereocenters. The molecule has 1 rings (SSSR count). The summed E-state index contributed by atoms with van der Waals surface area (Å²) in [4.78, 5) is 10.9. The Labute approximate surface area is 121 Å². The minimum absolute atomic E-state index is 0.221. The monoisotopic (exact) mass is 447 g/mol. The summed E-state index contributed by atoms with van der Waals surface area (Å²) >= 11 is 4.00. The van der Waals surface area contributed by atoms with Crippen LogP contribution < -0.4 is 5.73 Å². The highest BCUT2D eigenvalue weighted by Gasteiger charge is 2.28. The predicted octanol–water partition coefficient (Wildman–Crippen LogP) is 1.95. The molecular weight excluding hydrogens is 436 g/mol. The first-order valence-electron chi connectivity index (χ1n) is 4.43. The van der Waals surface area contributed by atoms with Gasteiger partial charge in [-0.2, -0.15) is 0 Å². The molecule has 0 aliphatic heterocycles. The summed E-state index contributed by atoms with van der Waals surface area (Å²) < 4.78 is 1.39. The molecule has 0 aromatic heterocycles. The van der Waals surface area contributed by atoms with Gasteiger partial charge >= 0.3 is 5.97 Å². The van der Waals surface area contributed by atoms with E-state index < -0.39 is 11.5 Å². The van der Waals surface area contributed by atoms with Crippen LogP contribution >= 0.6 is 45.2 Å². The van der Waals surface area contributed by atoms with Crippen molar-refractivity contribution in [2.24, 2.45) is 5.73 Å². The largest absolute Gasteiger partial charge is 0.506 e. The minimum atomic E-state index is -1.29. The molecule has 0 spiro atoms.